The van der Waals surface area contributed by atoms with Gasteiger partial charge in [0, 0.05) is 11.3 Å². The fourth-order valence-electron chi connectivity index (χ4n) is 6.39. The maximum Gasteiger partial charge on any atom is 0.131 e. The Balaban J connectivity index is 1.14. The second-order valence-corrected chi connectivity index (χ2v) is 11.4. The van der Waals surface area contributed by atoms with Crippen LogP contribution in [-0.2, 0) is 0 Å². The Hall–Kier alpha value is -5.65. The first-order chi connectivity index (χ1) is 22.3. The number of hydrogen-bond acceptors (Lipinski definition) is 5. The van der Waals surface area contributed by atoms with Crippen LogP contribution in [0.1, 0.15) is 40.8 Å². The first-order valence-corrected chi connectivity index (χ1v) is 15.4. The molecule has 0 saturated heterocycles. The standard InChI is InChI=1S/C40H33N5/c1-4-14-29(15-5-1)37-42-38(30-16-6-2-7-17-30)44-39(43-37)34-21-11-10-20-33(34)28-24-26-31(27-25-28)40-41-35-22-12-13-23-36(35)45(40)32-18-8-3-9-19-32/h1-27,37,39-41,43H,(H,42,44). The maximum absolute atomic E-state index is 5.21. The van der Waals surface area contributed by atoms with Crippen LogP contribution in [0.25, 0.3) is 11.1 Å². The van der Waals surface area contributed by atoms with Crippen molar-refractivity contribution >= 4 is 22.9 Å². The highest BCUT2D eigenvalue weighted by Crippen LogP contribution is 2.46. The van der Waals surface area contributed by atoms with E-state index in [9.17, 15) is 0 Å². The van der Waals surface area contributed by atoms with Crippen molar-refractivity contribution in [2.24, 2.45) is 4.99 Å². The van der Waals surface area contributed by atoms with Gasteiger partial charge in [0.1, 0.15) is 24.3 Å². The van der Waals surface area contributed by atoms with Gasteiger partial charge in [-0.1, -0.05) is 140 Å². The molecule has 0 aromatic heterocycles. The van der Waals surface area contributed by atoms with E-state index in [0.29, 0.717) is 0 Å². The largest absolute Gasteiger partial charge is 0.359 e. The summed E-state index contributed by atoms with van der Waals surface area (Å²) in [4.78, 5) is 7.58. The fourth-order valence-corrected chi connectivity index (χ4v) is 6.39. The molecule has 3 N–H and O–H groups in total. The van der Waals surface area contributed by atoms with Gasteiger partial charge in [0.15, 0.2) is 0 Å². The molecular formula is C40H33N5. The molecule has 5 nitrogen and oxygen atoms in total. The summed E-state index contributed by atoms with van der Waals surface area (Å²) in [6.07, 6.45) is -0.328. The lowest BCUT2D eigenvalue weighted by Gasteiger charge is -2.33. The predicted molar refractivity (Wildman–Crippen MR) is 184 cm³/mol. The summed E-state index contributed by atoms with van der Waals surface area (Å²) in [5.41, 5.74) is 10.4. The van der Waals surface area contributed by atoms with Crippen molar-refractivity contribution in [2.75, 3.05) is 10.2 Å². The highest BCUT2D eigenvalue weighted by molar-refractivity contribution is 5.99. The van der Waals surface area contributed by atoms with E-state index in [1.165, 1.54) is 16.8 Å². The minimum Gasteiger partial charge on any atom is -0.359 e. The number of para-hydroxylation sites is 3. The highest BCUT2D eigenvalue weighted by Gasteiger charge is 2.31. The third kappa shape index (κ3) is 5.24. The van der Waals surface area contributed by atoms with Gasteiger partial charge in [-0.25, -0.2) is 4.99 Å². The lowest BCUT2D eigenvalue weighted by molar-refractivity contribution is 0.409. The van der Waals surface area contributed by atoms with Crippen LogP contribution in [-0.4, -0.2) is 5.84 Å². The van der Waals surface area contributed by atoms with E-state index < -0.39 is 0 Å². The van der Waals surface area contributed by atoms with Gasteiger partial charge in [0.25, 0.3) is 0 Å². The van der Waals surface area contributed by atoms with Crippen LogP contribution >= 0.6 is 0 Å². The molecule has 0 aliphatic carbocycles. The van der Waals surface area contributed by atoms with E-state index in [-0.39, 0.29) is 18.5 Å². The zero-order chi connectivity index (χ0) is 30.0. The molecule has 0 amide bonds. The highest BCUT2D eigenvalue weighted by atomic mass is 15.3. The van der Waals surface area contributed by atoms with Crippen molar-refractivity contribution in [3.63, 3.8) is 0 Å². The van der Waals surface area contributed by atoms with Crippen LogP contribution in [0.3, 0.4) is 0 Å². The number of anilines is 3. The Bertz CT molecular complexity index is 1940. The summed E-state index contributed by atoms with van der Waals surface area (Å²) in [6.45, 7) is 0. The van der Waals surface area contributed by atoms with Crippen molar-refractivity contribution < 1.29 is 0 Å². The predicted octanol–water partition coefficient (Wildman–Crippen LogP) is 8.95. The Kier molecular flexibility index (Phi) is 7.06. The molecule has 6 aromatic rings. The van der Waals surface area contributed by atoms with Crippen LogP contribution in [0.15, 0.2) is 169 Å². The molecule has 5 heteroatoms. The van der Waals surface area contributed by atoms with Crippen molar-refractivity contribution in [3.05, 3.63) is 186 Å². The van der Waals surface area contributed by atoms with Crippen LogP contribution in [0.5, 0.6) is 0 Å². The fraction of sp³-hybridized carbons (Fsp3) is 0.0750. The van der Waals surface area contributed by atoms with Crippen molar-refractivity contribution in [3.8, 4) is 11.1 Å². The molecular weight excluding hydrogens is 550 g/mol. The summed E-state index contributed by atoms with van der Waals surface area (Å²) < 4.78 is 0. The van der Waals surface area contributed by atoms with Gasteiger partial charge in [0.05, 0.1) is 11.4 Å². The summed E-state index contributed by atoms with van der Waals surface area (Å²) >= 11 is 0. The number of fused-ring (bicyclic) bond motifs is 1. The molecule has 3 atom stereocenters. The molecule has 45 heavy (non-hydrogen) atoms. The molecule has 218 valence electrons. The van der Waals surface area contributed by atoms with E-state index in [1.807, 2.05) is 12.1 Å². The normalized spacial score (nSPS) is 18.8. The second-order valence-electron chi connectivity index (χ2n) is 11.4. The molecule has 2 aliphatic heterocycles. The van der Waals surface area contributed by atoms with Gasteiger partial charge in [-0.3, -0.25) is 5.32 Å². The van der Waals surface area contributed by atoms with Crippen LogP contribution in [0, 0.1) is 0 Å². The average molecular weight is 584 g/mol. The lowest BCUT2D eigenvalue weighted by atomic mass is 9.95. The molecule has 2 heterocycles. The number of aliphatic imine (C=N–C) groups is 1. The van der Waals surface area contributed by atoms with E-state index in [2.05, 4.69) is 173 Å². The Morgan fingerprint density at radius 1 is 0.511 bits per heavy atom. The third-order valence-corrected chi connectivity index (χ3v) is 8.59. The average Bonchev–Trinajstić information content (AvgIpc) is 3.52. The molecule has 0 radical (unpaired) electrons. The van der Waals surface area contributed by atoms with Crippen molar-refractivity contribution in [1.82, 2.24) is 10.6 Å². The Morgan fingerprint density at radius 3 is 1.93 bits per heavy atom. The number of amidine groups is 1. The first kappa shape index (κ1) is 26.9. The first-order valence-electron chi connectivity index (χ1n) is 15.4. The smallest absolute Gasteiger partial charge is 0.131 e. The monoisotopic (exact) mass is 583 g/mol. The quantitative estimate of drug-likeness (QED) is 0.183. The van der Waals surface area contributed by atoms with E-state index in [4.69, 9.17) is 4.99 Å². The van der Waals surface area contributed by atoms with Gasteiger partial charge in [-0.15, -0.1) is 0 Å². The van der Waals surface area contributed by atoms with Crippen LogP contribution in [0.4, 0.5) is 17.1 Å². The van der Waals surface area contributed by atoms with Gasteiger partial charge in [-0.05, 0) is 52.1 Å². The zero-order valence-electron chi connectivity index (χ0n) is 24.7. The molecule has 0 spiro atoms. The number of hydrogen-bond donors (Lipinski definition) is 3. The van der Waals surface area contributed by atoms with E-state index in [1.54, 1.807) is 0 Å². The second kappa shape index (κ2) is 11.8. The molecule has 0 fully saturated rings. The third-order valence-electron chi connectivity index (χ3n) is 8.59. The lowest BCUT2D eigenvalue weighted by Crippen LogP contribution is -2.45. The van der Waals surface area contributed by atoms with Gasteiger partial charge in [0.2, 0.25) is 0 Å². The van der Waals surface area contributed by atoms with E-state index in [0.717, 1.165) is 39.5 Å². The van der Waals surface area contributed by atoms with Gasteiger partial charge in [-0.2, -0.15) is 0 Å². The SMILES string of the molecule is c1ccc(C2=NC(c3ccccc3-c3ccc(C4Nc5ccccc5N4c4ccccc4)cc3)NC(c3ccccc3)N2)cc1. The van der Waals surface area contributed by atoms with E-state index >= 15 is 0 Å². The molecule has 8 rings (SSSR count). The molecule has 0 saturated carbocycles. The van der Waals surface area contributed by atoms with Crippen LogP contribution < -0.4 is 20.9 Å². The summed E-state index contributed by atoms with van der Waals surface area (Å²) in [6, 6.07) is 57.5. The van der Waals surface area contributed by atoms with Gasteiger partial charge >= 0.3 is 0 Å². The Labute approximate surface area is 263 Å². The summed E-state index contributed by atoms with van der Waals surface area (Å²) in [5, 5.41) is 11.2. The maximum atomic E-state index is 5.21. The van der Waals surface area contributed by atoms with Crippen molar-refractivity contribution in [2.45, 2.75) is 18.5 Å². The number of nitrogens with one attached hydrogen (secondary N) is 3. The number of rotatable bonds is 6. The number of nitrogens with zero attached hydrogens (tertiary/aromatic N) is 2. The molecule has 6 aromatic carbocycles. The minimum absolute atomic E-state index is 0.00941. The van der Waals surface area contributed by atoms with Gasteiger partial charge < -0.3 is 15.5 Å². The zero-order valence-corrected chi connectivity index (χ0v) is 24.7. The van der Waals surface area contributed by atoms with Crippen LogP contribution in [0.2, 0.25) is 0 Å². The minimum atomic E-state index is -0.234. The Morgan fingerprint density at radius 2 is 1.16 bits per heavy atom. The molecule has 2 aliphatic rings. The summed E-state index contributed by atoms with van der Waals surface area (Å²) in [5.74, 6) is 0.881. The summed E-state index contributed by atoms with van der Waals surface area (Å²) in [7, 11) is 0. The molecule has 3 unspecified atom stereocenters. The topological polar surface area (TPSA) is 51.7 Å². The molecule has 0 bridgehead atoms. The van der Waals surface area contributed by atoms with Crippen molar-refractivity contribution in [1.29, 1.82) is 0 Å². The number of benzene rings is 6.